The van der Waals surface area contributed by atoms with Crippen molar-refractivity contribution < 1.29 is 19.1 Å². The number of amides is 2. The van der Waals surface area contributed by atoms with E-state index in [1.165, 1.54) is 0 Å². The average Bonchev–Trinajstić information content (AvgIpc) is 4.05. The highest BCUT2D eigenvalue weighted by Crippen LogP contribution is 2.39. The number of imidazole rings is 1. The number of rotatable bonds is 16. The van der Waals surface area contributed by atoms with Crippen LogP contribution in [0.5, 0.6) is 5.75 Å². The van der Waals surface area contributed by atoms with Gasteiger partial charge in [0.2, 0.25) is 17.8 Å². The van der Waals surface area contributed by atoms with Gasteiger partial charge < -0.3 is 49.7 Å². The second kappa shape index (κ2) is 20.3. The smallest absolute Gasteiger partial charge is 0.410 e. The zero-order chi connectivity index (χ0) is 50.1. The lowest BCUT2D eigenvalue weighted by Gasteiger charge is -2.43. The van der Waals surface area contributed by atoms with Gasteiger partial charge in [0, 0.05) is 80.8 Å². The maximum atomic E-state index is 13.9. The van der Waals surface area contributed by atoms with Crippen molar-refractivity contribution in [3.63, 3.8) is 0 Å². The Morgan fingerprint density at radius 3 is 2.54 bits per heavy atom. The number of hydrogen-bond donors (Lipinski definition) is 4. The Labute approximate surface area is 419 Å². The number of methoxy groups -OCH3 is 1. The highest BCUT2D eigenvalue weighted by Gasteiger charge is 2.36. The minimum Gasteiger partial charge on any atom is -0.494 e. The highest BCUT2D eigenvalue weighted by molar-refractivity contribution is 9.10. The number of aromatic amines is 1. The number of fused-ring (bicyclic) bond motifs is 3. The van der Waals surface area contributed by atoms with Gasteiger partial charge in [-0.3, -0.25) is 9.69 Å². The second-order valence-corrected chi connectivity index (χ2v) is 19.0. The molecule has 4 N–H and O–H groups in total. The van der Waals surface area contributed by atoms with Crippen molar-refractivity contribution in [1.29, 1.82) is 0 Å². The molecule has 20 nitrogen and oxygen atoms in total. The number of likely N-dealkylation sites (N-methyl/N-ethyl adjacent to an activating group) is 2. The molecule has 0 radical (unpaired) electrons. The molecule has 0 bridgehead atoms. The molecule has 0 aliphatic carbocycles. The van der Waals surface area contributed by atoms with Crippen LogP contribution in [0.1, 0.15) is 25.2 Å². The van der Waals surface area contributed by atoms with Crippen LogP contribution in [0.4, 0.5) is 39.7 Å². The monoisotopic (exact) mass is 1020 g/mol. The Morgan fingerprint density at radius 2 is 1.76 bits per heavy atom. The number of halogens is 1. The molecule has 6 heterocycles. The number of nitrogens with zero attached hydrogens (tertiary/aromatic N) is 12. The normalized spacial score (nSPS) is 14.9. The third kappa shape index (κ3) is 10.3. The SMILES string of the molecule is C=C(COC(=O)N1[C@H](C)CN(c2nc(NCc3nc4ccc(C)cc4[nH]3)n3ncc(Br)c3n2)C[C@@H]1C)C(=O)Nc1cc(Nc2nccc(-c3cn(C)c4ccccc34)n2)c(OC)cc1N(C)CCN(C)C. The van der Waals surface area contributed by atoms with E-state index in [4.69, 9.17) is 29.4 Å². The van der Waals surface area contributed by atoms with Gasteiger partial charge >= 0.3 is 6.09 Å². The number of nitrogens with one attached hydrogen (secondary N) is 4. The molecule has 0 saturated carbocycles. The summed E-state index contributed by atoms with van der Waals surface area (Å²) in [6.07, 6.45) is 4.86. The van der Waals surface area contributed by atoms with Crippen LogP contribution in [-0.4, -0.2) is 139 Å². The standard InChI is InChI=1S/C50H57BrN16O4/c1-29-14-15-37-38(20-29)56-44(55-37)24-53-48-61-49(60-45-35(51)23-54-67(45)48)65-25-31(3)66(32(4)26-65)50(69)71-28-30(2)46(68)57-39-21-40(43(70-9)22-42(39)63(7)19-18-62(5)6)59-47-52-17-16-36(58-47)34-27-64(8)41-13-11-10-12-33(34)41/h10-17,20-23,27,31-32H,2,18-19,24-26,28H2,1,3-9H3,(H,55,56)(H,57,68)(H,52,58,59)(H,53,60,61)/t31-,32+. The first kappa shape index (κ1) is 48.3. The highest BCUT2D eigenvalue weighted by atomic mass is 79.9. The van der Waals surface area contributed by atoms with Gasteiger partial charge in [0.15, 0.2) is 5.65 Å². The minimum atomic E-state index is -0.567. The molecule has 2 atom stereocenters. The fraction of sp³-hybridized carbons (Fsp3) is 0.320. The van der Waals surface area contributed by atoms with Crippen LogP contribution in [0, 0.1) is 6.92 Å². The van der Waals surface area contributed by atoms with E-state index in [0.29, 0.717) is 77.0 Å². The summed E-state index contributed by atoms with van der Waals surface area (Å²) in [5.41, 5.74) is 8.12. The van der Waals surface area contributed by atoms with E-state index in [1.807, 2.05) is 95.2 Å². The number of carbonyl (C=O) groups excluding carboxylic acids is 2. The van der Waals surface area contributed by atoms with E-state index in [2.05, 4.69) is 87.4 Å². The van der Waals surface area contributed by atoms with Crippen LogP contribution in [0.3, 0.4) is 0 Å². The third-order valence-electron chi connectivity index (χ3n) is 12.5. The molecule has 368 valence electrons. The molecule has 3 aromatic carbocycles. The molecule has 1 aliphatic rings. The van der Waals surface area contributed by atoms with Crippen LogP contribution >= 0.6 is 15.9 Å². The number of piperazine rings is 1. The van der Waals surface area contributed by atoms with Crippen LogP contribution in [0.15, 0.2) is 95.9 Å². The van der Waals surface area contributed by atoms with Gasteiger partial charge in [-0.1, -0.05) is 30.8 Å². The molecule has 2 amide bonds. The van der Waals surface area contributed by atoms with Crippen molar-refractivity contribution in [2.45, 2.75) is 39.4 Å². The Bertz CT molecular complexity index is 3280. The fourth-order valence-corrected chi connectivity index (χ4v) is 9.17. The number of ether oxygens (including phenoxy) is 2. The summed E-state index contributed by atoms with van der Waals surface area (Å²) in [6.45, 7) is 12.2. The Morgan fingerprint density at radius 1 is 0.972 bits per heavy atom. The molecule has 1 aliphatic heterocycles. The molecular formula is C50H57BrN16O4. The van der Waals surface area contributed by atoms with Crippen molar-refractivity contribution in [1.82, 2.24) is 53.9 Å². The summed E-state index contributed by atoms with van der Waals surface area (Å²) >= 11 is 3.59. The first-order chi connectivity index (χ1) is 34.1. The molecule has 8 aromatic rings. The minimum absolute atomic E-state index is 0.0570. The van der Waals surface area contributed by atoms with Gasteiger partial charge in [0.25, 0.3) is 5.91 Å². The summed E-state index contributed by atoms with van der Waals surface area (Å²) in [5.74, 6) is 2.04. The van der Waals surface area contributed by atoms with Crippen LogP contribution in [0.2, 0.25) is 0 Å². The van der Waals surface area contributed by atoms with E-state index in [-0.39, 0.29) is 24.3 Å². The van der Waals surface area contributed by atoms with Crippen LogP contribution in [0.25, 0.3) is 38.8 Å². The maximum Gasteiger partial charge on any atom is 0.410 e. The fourth-order valence-electron chi connectivity index (χ4n) is 8.82. The zero-order valence-electron chi connectivity index (χ0n) is 41.0. The van der Waals surface area contributed by atoms with Crippen molar-refractivity contribution in [2.24, 2.45) is 7.05 Å². The molecule has 1 fully saturated rings. The van der Waals surface area contributed by atoms with Crippen LogP contribution < -0.4 is 30.5 Å². The molecule has 0 unspecified atom stereocenters. The largest absolute Gasteiger partial charge is 0.494 e. The average molecular weight is 1030 g/mol. The number of carbonyl (C=O) groups is 2. The molecule has 21 heteroatoms. The number of para-hydroxylation sites is 1. The predicted octanol–water partition coefficient (Wildman–Crippen LogP) is 7.61. The van der Waals surface area contributed by atoms with E-state index in [9.17, 15) is 9.59 Å². The first-order valence-corrected chi connectivity index (χ1v) is 23.9. The molecule has 0 spiro atoms. The topological polar surface area (TPSA) is 204 Å². The summed E-state index contributed by atoms with van der Waals surface area (Å²) in [4.78, 5) is 62.8. The van der Waals surface area contributed by atoms with E-state index < -0.39 is 12.0 Å². The van der Waals surface area contributed by atoms with Gasteiger partial charge in [-0.15, -0.1) is 0 Å². The van der Waals surface area contributed by atoms with Gasteiger partial charge in [0.05, 0.1) is 70.2 Å². The van der Waals surface area contributed by atoms with Crippen molar-refractivity contribution >= 4 is 90.4 Å². The van der Waals surface area contributed by atoms with Crippen molar-refractivity contribution in [3.8, 4) is 17.0 Å². The summed E-state index contributed by atoms with van der Waals surface area (Å²) in [6, 6.07) is 19.1. The lowest BCUT2D eigenvalue weighted by atomic mass is 10.1. The summed E-state index contributed by atoms with van der Waals surface area (Å²) in [7, 11) is 9.53. The summed E-state index contributed by atoms with van der Waals surface area (Å²) < 4.78 is 16.1. The van der Waals surface area contributed by atoms with Crippen molar-refractivity contribution in [2.75, 3.05) is 86.8 Å². The number of aryl methyl sites for hydroxylation is 2. The second-order valence-electron chi connectivity index (χ2n) is 18.1. The zero-order valence-corrected chi connectivity index (χ0v) is 42.6. The molecule has 1 saturated heterocycles. The number of H-pyrrole nitrogens is 1. The van der Waals surface area contributed by atoms with Gasteiger partial charge in [-0.25, -0.2) is 19.7 Å². The number of hydrogen-bond acceptors (Lipinski definition) is 15. The molecule has 71 heavy (non-hydrogen) atoms. The third-order valence-corrected chi connectivity index (χ3v) is 13.0. The number of anilines is 6. The number of aromatic nitrogens is 9. The Hall–Kier alpha value is -7.78. The first-order valence-electron chi connectivity index (χ1n) is 23.2. The van der Waals surface area contributed by atoms with Gasteiger partial charge in [0.1, 0.15) is 18.2 Å². The van der Waals surface area contributed by atoms with Gasteiger partial charge in [-0.05, 0) is 86.7 Å². The Kier molecular flexibility index (Phi) is 13.8. The summed E-state index contributed by atoms with van der Waals surface area (Å²) in [5, 5.41) is 15.3. The van der Waals surface area contributed by atoms with Crippen molar-refractivity contribution in [3.05, 3.63) is 107 Å². The molecular weight excluding hydrogens is 969 g/mol. The van der Waals surface area contributed by atoms with Crippen LogP contribution in [-0.2, 0) is 23.1 Å². The van der Waals surface area contributed by atoms with E-state index in [0.717, 1.165) is 51.1 Å². The molecule has 9 rings (SSSR count). The van der Waals surface area contributed by atoms with E-state index >= 15 is 0 Å². The van der Waals surface area contributed by atoms with Gasteiger partial charge in [-0.2, -0.15) is 19.6 Å². The predicted molar refractivity (Wildman–Crippen MR) is 281 cm³/mol. The maximum absolute atomic E-state index is 13.9. The lowest BCUT2D eigenvalue weighted by Crippen LogP contribution is -2.59. The Balaban J connectivity index is 0.870. The molecule has 5 aromatic heterocycles. The quantitative estimate of drug-likeness (QED) is 0.0688. The van der Waals surface area contributed by atoms with E-state index in [1.54, 1.807) is 35.0 Å². The number of benzene rings is 3. The lowest BCUT2D eigenvalue weighted by molar-refractivity contribution is -0.113.